The van der Waals surface area contributed by atoms with Gasteiger partial charge in [-0.15, -0.1) is 0 Å². The van der Waals surface area contributed by atoms with Gasteiger partial charge < -0.3 is 10.0 Å². The second-order valence-electron chi connectivity index (χ2n) is 2.07. The van der Waals surface area contributed by atoms with Crippen LogP contribution in [0.15, 0.2) is 17.5 Å². The van der Waals surface area contributed by atoms with Gasteiger partial charge in [0.15, 0.2) is 5.70 Å². The first-order valence-corrected chi connectivity index (χ1v) is 3.15. The maximum absolute atomic E-state index is 10.4. The molecule has 1 heterocycles. The van der Waals surface area contributed by atoms with E-state index in [4.69, 9.17) is 5.11 Å². The number of rotatable bonds is 2. The Morgan fingerprint density at radius 2 is 2.30 bits per heavy atom. The molecule has 54 valence electrons. The Balaban J connectivity index is 2.78. The molecule has 0 aromatic heterocycles. The Labute approximate surface area is 59.3 Å². The molecule has 0 aliphatic carbocycles. The molecule has 1 aliphatic rings. The summed E-state index contributed by atoms with van der Waals surface area (Å²) < 4.78 is 0. The van der Waals surface area contributed by atoms with Gasteiger partial charge in [0.25, 0.3) is 0 Å². The minimum Gasteiger partial charge on any atom is -0.476 e. The van der Waals surface area contributed by atoms with Gasteiger partial charge in [0, 0.05) is 13.1 Å². The van der Waals surface area contributed by atoms with Crippen molar-refractivity contribution in [3.8, 4) is 0 Å². The van der Waals surface area contributed by atoms with Gasteiger partial charge in [-0.2, -0.15) is 0 Å². The first kappa shape index (κ1) is 6.90. The molecule has 3 heteroatoms. The zero-order valence-corrected chi connectivity index (χ0v) is 5.79. The molecule has 0 unspecified atom stereocenters. The van der Waals surface area contributed by atoms with E-state index in [1.165, 1.54) is 0 Å². The van der Waals surface area contributed by atoms with Crippen LogP contribution in [-0.2, 0) is 4.79 Å². The summed E-state index contributed by atoms with van der Waals surface area (Å²) in [5, 5.41) is 8.55. The number of nitrogens with zero attached hydrogens (tertiary/aromatic N) is 1. The van der Waals surface area contributed by atoms with Crippen LogP contribution >= 0.6 is 0 Å². The average Bonchev–Trinajstić information content (AvgIpc) is 2.63. The van der Waals surface area contributed by atoms with Crippen LogP contribution in [0.4, 0.5) is 0 Å². The second kappa shape index (κ2) is 2.58. The second-order valence-corrected chi connectivity index (χ2v) is 2.07. The molecule has 1 saturated heterocycles. The third-order valence-electron chi connectivity index (χ3n) is 1.25. The standard InChI is InChI=1S/C7H9NO2/c1-2-3-6(7(9)10)8-4-5-8/h2H,4-5H2,1H3,(H,9,10). The minimum atomic E-state index is -0.893. The summed E-state index contributed by atoms with van der Waals surface area (Å²) in [7, 11) is 0. The van der Waals surface area contributed by atoms with Gasteiger partial charge in [-0.05, 0) is 13.0 Å². The highest BCUT2D eigenvalue weighted by atomic mass is 16.4. The third-order valence-corrected chi connectivity index (χ3v) is 1.25. The molecule has 0 saturated carbocycles. The maximum Gasteiger partial charge on any atom is 0.360 e. The molecule has 1 fully saturated rings. The summed E-state index contributed by atoms with van der Waals surface area (Å²) in [6.07, 6.45) is 1.61. The SMILES string of the molecule is CC=C=C(C(=O)O)N1CC1. The zero-order chi connectivity index (χ0) is 7.56. The highest BCUT2D eigenvalue weighted by molar-refractivity contribution is 5.86. The van der Waals surface area contributed by atoms with Gasteiger partial charge in [-0.25, -0.2) is 4.79 Å². The first-order chi connectivity index (χ1) is 4.75. The predicted molar refractivity (Wildman–Crippen MR) is 36.5 cm³/mol. The number of carbonyl (C=O) groups is 1. The summed E-state index contributed by atoms with van der Waals surface area (Å²) >= 11 is 0. The van der Waals surface area contributed by atoms with E-state index in [-0.39, 0.29) is 5.70 Å². The van der Waals surface area contributed by atoms with Gasteiger partial charge in [-0.3, -0.25) is 0 Å². The molecule has 0 aromatic rings. The predicted octanol–water partition coefficient (Wildman–Crippen LogP) is 0.446. The number of carboxylic acids is 1. The van der Waals surface area contributed by atoms with Crippen molar-refractivity contribution in [2.45, 2.75) is 6.92 Å². The van der Waals surface area contributed by atoms with Crippen molar-refractivity contribution in [2.24, 2.45) is 0 Å². The van der Waals surface area contributed by atoms with Crippen LogP contribution in [0.5, 0.6) is 0 Å². The number of aliphatic carboxylic acids is 1. The summed E-state index contributed by atoms with van der Waals surface area (Å²) in [6.45, 7) is 3.46. The monoisotopic (exact) mass is 139 g/mol. The molecule has 1 rings (SSSR count). The van der Waals surface area contributed by atoms with Crippen LogP contribution in [0.3, 0.4) is 0 Å². The van der Waals surface area contributed by atoms with Gasteiger partial charge >= 0.3 is 5.97 Å². The molecule has 0 aromatic carbocycles. The average molecular weight is 139 g/mol. The van der Waals surface area contributed by atoms with Crippen LogP contribution in [0.25, 0.3) is 0 Å². The van der Waals surface area contributed by atoms with Crippen LogP contribution < -0.4 is 0 Å². The zero-order valence-electron chi connectivity index (χ0n) is 5.79. The Bertz CT molecular complexity index is 210. The molecule has 1 N–H and O–H groups in total. The first-order valence-electron chi connectivity index (χ1n) is 3.15. The van der Waals surface area contributed by atoms with Crippen LogP contribution in [-0.4, -0.2) is 29.1 Å². The Kier molecular flexibility index (Phi) is 1.78. The largest absolute Gasteiger partial charge is 0.476 e. The fraction of sp³-hybridized carbons (Fsp3) is 0.429. The Morgan fingerprint density at radius 1 is 1.70 bits per heavy atom. The van der Waals surface area contributed by atoms with Gasteiger partial charge in [0.2, 0.25) is 0 Å². The highest BCUT2D eigenvalue weighted by Gasteiger charge is 2.24. The Hall–Kier alpha value is -1.21. The van der Waals surface area contributed by atoms with Gasteiger partial charge in [-0.1, -0.05) is 5.73 Å². The fourth-order valence-corrected chi connectivity index (χ4v) is 0.699. The molecule has 3 nitrogen and oxygen atoms in total. The highest BCUT2D eigenvalue weighted by Crippen LogP contribution is 2.12. The van der Waals surface area contributed by atoms with Crippen LogP contribution in [0, 0.1) is 0 Å². The lowest BCUT2D eigenvalue weighted by atomic mass is 10.4. The third kappa shape index (κ3) is 1.39. The van der Waals surface area contributed by atoms with E-state index in [9.17, 15) is 4.79 Å². The van der Waals surface area contributed by atoms with E-state index in [1.54, 1.807) is 17.9 Å². The number of hydrogen-bond donors (Lipinski definition) is 1. The molecule has 0 spiro atoms. The summed E-state index contributed by atoms with van der Waals surface area (Å²) in [4.78, 5) is 12.2. The summed E-state index contributed by atoms with van der Waals surface area (Å²) in [5.41, 5.74) is 2.94. The van der Waals surface area contributed by atoms with Crippen LogP contribution in [0.2, 0.25) is 0 Å². The lowest BCUT2D eigenvalue weighted by molar-refractivity contribution is -0.133. The van der Waals surface area contributed by atoms with Gasteiger partial charge in [0.05, 0.1) is 0 Å². The molecule has 0 radical (unpaired) electrons. The normalized spacial score (nSPS) is 13.9. The quantitative estimate of drug-likeness (QED) is 0.343. The fourth-order valence-electron chi connectivity index (χ4n) is 0.699. The molecular weight excluding hydrogens is 130 g/mol. The van der Waals surface area contributed by atoms with Crippen LogP contribution in [0.1, 0.15) is 6.92 Å². The molecule has 10 heavy (non-hydrogen) atoms. The van der Waals surface area contributed by atoms with E-state index in [0.29, 0.717) is 0 Å². The molecule has 0 atom stereocenters. The van der Waals surface area contributed by atoms with E-state index in [2.05, 4.69) is 5.73 Å². The number of carboxylic acid groups (broad SMARTS) is 1. The summed E-state index contributed by atoms with van der Waals surface area (Å²) in [5.74, 6) is -0.893. The lowest BCUT2D eigenvalue weighted by Crippen LogP contribution is -2.07. The van der Waals surface area contributed by atoms with Crippen molar-refractivity contribution >= 4 is 5.97 Å². The topological polar surface area (TPSA) is 40.3 Å². The van der Waals surface area contributed by atoms with E-state index in [1.807, 2.05) is 0 Å². The molecule has 1 aliphatic heterocycles. The maximum atomic E-state index is 10.4. The van der Waals surface area contributed by atoms with Crippen molar-refractivity contribution in [1.82, 2.24) is 4.90 Å². The molecule has 0 bridgehead atoms. The van der Waals surface area contributed by atoms with E-state index in [0.717, 1.165) is 13.1 Å². The van der Waals surface area contributed by atoms with Crippen molar-refractivity contribution in [1.29, 1.82) is 0 Å². The molecule has 0 amide bonds. The molecular formula is C7H9NO2. The van der Waals surface area contributed by atoms with Crippen molar-refractivity contribution in [3.05, 3.63) is 17.5 Å². The lowest BCUT2D eigenvalue weighted by Gasteiger charge is -1.96. The number of hydrogen-bond acceptors (Lipinski definition) is 2. The van der Waals surface area contributed by atoms with E-state index < -0.39 is 5.97 Å². The van der Waals surface area contributed by atoms with Crippen molar-refractivity contribution in [3.63, 3.8) is 0 Å². The van der Waals surface area contributed by atoms with Crippen molar-refractivity contribution < 1.29 is 9.90 Å². The summed E-state index contributed by atoms with van der Waals surface area (Å²) in [6, 6.07) is 0. The Morgan fingerprint density at radius 3 is 2.60 bits per heavy atom. The van der Waals surface area contributed by atoms with E-state index >= 15 is 0 Å². The van der Waals surface area contributed by atoms with Crippen molar-refractivity contribution in [2.75, 3.05) is 13.1 Å². The minimum absolute atomic E-state index is 0.280. The smallest absolute Gasteiger partial charge is 0.360 e. The van der Waals surface area contributed by atoms with Gasteiger partial charge in [0.1, 0.15) is 0 Å².